The van der Waals surface area contributed by atoms with Gasteiger partial charge in [-0.3, -0.25) is 14.2 Å². The molecule has 34 heavy (non-hydrogen) atoms. The molecule has 1 atom stereocenters. The van der Waals surface area contributed by atoms with E-state index in [0.717, 1.165) is 35.4 Å². The van der Waals surface area contributed by atoms with Crippen molar-refractivity contribution in [2.45, 2.75) is 32.7 Å². The van der Waals surface area contributed by atoms with Gasteiger partial charge >= 0.3 is 5.97 Å². The number of hydrogen-bond donors (Lipinski definition) is 1. The Morgan fingerprint density at radius 3 is 2.82 bits per heavy atom. The van der Waals surface area contributed by atoms with Crippen LogP contribution >= 0.6 is 11.3 Å². The number of nitrogens with zero attached hydrogens (tertiary/aromatic N) is 4. The van der Waals surface area contributed by atoms with E-state index in [1.165, 1.54) is 35.5 Å². The Morgan fingerprint density at radius 1 is 1.26 bits per heavy atom. The Bertz CT molecular complexity index is 1450. The van der Waals surface area contributed by atoms with Gasteiger partial charge in [-0.15, -0.1) is 11.3 Å². The largest absolute Gasteiger partial charge is 0.465 e. The van der Waals surface area contributed by atoms with Crippen molar-refractivity contribution in [3.8, 4) is 5.69 Å². The first-order chi connectivity index (χ1) is 16.5. The van der Waals surface area contributed by atoms with Gasteiger partial charge in [0.25, 0.3) is 5.56 Å². The van der Waals surface area contributed by atoms with Crippen LogP contribution < -0.4 is 10.9 Å². The van der Waals surface area contributed by atoms with E-state index in [9.17, 15) is 14.4 Å². The number of esters is 1. The van der Waals surface area contributed by atoms with Gasteiger partial charge in [0.05, 0.1) is 24.6 Å². The van der Waals surface area contributed by atoms with E-state index < -0.39 is 11.9 Å². The highest BCUT2D eigenvalue weighted by atomic mass is 32.1. The molecule has 0 fully saturated rings. The van der Waals surface area contributed by atoms with Gasteiger partial charge in [-0.1, -0.05) is 25.1 Å². The van der Waals surface area contributed by atoms with Gasteiger partial charge in [-0.25, -0.2) is 14.5 Å². The summed E-state index contributed by atoms with van der Waals surface area (Å²) in [4.78, 5) is 43.8. The van der Waals surface area contributed by atoms with Crippen LogP contribution in [0.2, 0.25) is 0 Å². The quantitative estimate of drug-likeness (QED) is 0.442. The van der Waals surface area contributed by atoms with Gasteiger partial charge in [-0.05, 0) is 42.9 Å². The van der Waals surface area contributed by atoms with Gasteiger partial charge in [-0.2, -0.15) is 5.10 Å². The number of ether oxygens (including phenoxy) is 1. The molecule has 1 aliphatic carbocycles. The zero-order chi connectivity index (χ0) is 23.8. The summed E-state index contributed by atoms with van der Waals surface area (Å²) >= 11 is 1.41. The first-order valence-corrected chi connectivity index (χ1v) is 11.8. The monoisotopic (exact) mass is 477 g/mol. The number of carbonyl (C=O) groups is 2. The molecule has 9 nitrogen and oxygen atoms in total. The van der Waals surface area contributed by atoms with E-state index in [4.69, 9.17) is 4.74 Å². The number of aromatic nitrogens is 4. The third-order valence-electron chi connectivity index (χ3n) is 6.02. The van der Waals surface area contributed by atoms with Crippen LogP contribution in [0.1, 0.15) is 34.1 Å². The molecule has 3 heterocycles. The van der Waals surface area contributed by atoms with Crippen molar-refractivity contribution in [1.82, 2.24) is 19.3 Å². The average molecular weight is 478 g/mol. The lowest BCUT2D eigenvalue weighted by molar-refractivity contribution is -0.116. The number of rotatable bonds is 5. The number of nitrogens with one attached hydrogen (secondary N) is 1. The van der Waals surface area contributed by atoms with Crippen molar-refractivity contribution in [1.29, 1.82) is 0 Å². The Morgan fingerprint density at radius 2 is 2.06 bits per heavy atom. The highest BCUT2D eigenvalue weighted by Gasteiger charge is 2.29. The van der Waals surface area contributed by atoms with Crippen LogP contribution in [0.4, 0.5) is 5.00 Å². The van der Waals surface area contributed by atoms with E-state index in [1.54, 1.807) is 4.68 Å². The summed E-state index contributed by atoms with van der Waals surface area (Å²) in [5, 5.41) is 7.89. The third kappa shape index (κ3) is 3.90. The minimum absolute atomic E-state index is 0.238. The Labute approximate surface area is 199 Å². The summed E-state index contributed by atoms with van der Waals surface area (Å²) in [6.45, 7) is 1.94. The predicted molar refractivity (Wildman–Crippen MR) is 129 cm³/mol. The summed E-state index contributed by atoms with van der Waals surface area (Å²) in [6.07, 6.45) is 5.42. The lowest BCUT2D eigenvalue weighted by Gasteiger charge is -2.18. The molecular formula is C24H23N5O4S. The Hall–Kier alpha value is -3.79. The van der Waals surface area contributed by atoms with Crippen molar-refractivity contribution in [3.63, 3.8) is 0 Å². The second kappa shape index (κ2) is 8.86. The number of benzene rings is 1. The third-order valence-corrected chi connectivity index (χ3v) is 7.19. The molecule has 1 aromatic carbocycles. The molecule has 3 aromatic heterocycles. The minimum atomic E-state index is -0.462. The van der Waals surface area contributed by atoms with Crippen LogP contribution in [0, 0.1) is 5.92 Å². The van der Waals surface area contributed by atoms with Crippen LogP contribution in [-0.4, -0.2) is 38.3 Å². The maximum Gasteiger partial charge on any atom is 0.341 e. The SMILES string of the molecule is COC(=O)c1c(NC(=O)Cn2cnc3c(cnn3-c3ccccc3)c2=O)sc2c1CCC(C)C2. The normalized spacial score (nSPS) is 15.2. The summed E-state index contributed by atoms with van der Waals surface area (Å²) in [5.74, 6) is -0.361. The molecule has 1 amide bonds. The molecule has 1 aliphatic rings. The first-order valence-electron chi connectivity index (χ1n) is 11.0. The van der Waals surface area contributed by atoms with Gasteiger partial charge in [0, 0.05) is 4.88 Å². The van der Waals surface area contributed by atoms with Gasteiger partial charge < -0.3 is 10.1 Å². The van der Waals surface area contributed by atoms with Crippen LogP contribution in [0.25, 0.3) is 16.7 Å². The van der Waals surface area contributed by atoms with E-state index in [0.29, 0.717) is 27.5 Å². The molecule has 0 bridgehead atoms. The number of fused-ring (bicyclic) bond motifs is 2. The molecular weight excluding hydrogens is 454 g/mol. The summed E-state index contributed by atoms with van der Waals surface area (Å²) in [7, 11) is 1.33. The molecule has 0 aliphatic heterocycles. The first kappa shape index (κ1) is 22.0. The van der Waals surface area contributed by atoms with Crippen LogP contribution in [-0.2, 0) is 28.9 Å². The van der Waals surface area contributed by atoms with Crippen molar-refractivity contribution in [3.05, 3.63) is 69.2 Å². The fourth-order valence-corrected chi connectivity index (χ4v) is 5.71. The van der Waals surface area contributed by atoms with Crippen molar-refractivity contribution < 1.29 is 14.3 Å². The molecule has 0 spiro atoms. The molecule has 1 unspecified atom stereocenters. The molecule has 4 aromatic rings. The molecule has 0 radical (unpaired) electrons. The Balaban J connectivity index is 1.41. The zero-order valence-electron chi connectivity index (χ0n) is 18.8. The van der Waals surface area contributed by atoms with Crippen LogP contribution in [0.5, 0.6) is 0 Å². The highest BCUT2D eigenvalue weighted by Crippen LogP contribution is 2.40. The second-order valence-electron chi connectivity index (χ2n) is 8.40. The number of hydrogen-bond acceptors (Lipinski definition) is 7. The topological polar surface area (TPSA) is 108 Å². The number of anilines is 1. The number of para-hydroxylation sites is 1. The molecule has 0 saturated carbocycles. The number of thiophene rings is 1. The molecule has 174 valence electrons. The Kier molecular flexibility index (Phi) is 5.74. The zero-order valence-corrected chi connectivity index (χ0v) is 19.6. The maximum atomic E-state index is 13.0. The fraction of sp³-hybridized carbons (Fsp3) is 0.292. The van der Waals surface area contributed by atoms with Crippen LogP contribution in [0.15, 0.2) is 47.7 Å². The van der Waals surface area contributed by atoms with Gasteiger partial charge in [0.15, 0.2) is 5.65 Å². The van der Waals surface area contributed by atoms with Gasteiger partial charge in [0.2, 0.25) is 5.91 Å². The minimum Gasteiger partial charge on any atom is -0.465 e. The number of carbonyl (C=O) groups excluding carboxylic acids is 2. The molecule has 5 rings (SSSR count). The van der Waals surface area contributed by atoms with E-state index in [1.807, 2.05) is 30.3 Å². The highest BCUT2D eigenvalue weighted by molar-refractivity contribution is 7.17. The predicted octanol–water partition coefficient (Wildman–Crippen LogP) is 3.19. The lowest BCUT2D eigenvalue weighted by Crippen LogP contribution is -2.28. The number of methoxy groups -OCH3 is 1. The maximum absolute atomic E-state index is 13.0. The summed E-state index contributed by atoms with van der Waals surface area (Å²) in [5.41, 5.74) is 2.22. The second-order valence-corrected chi connectivity index (χ2v) is 9.51. The van der Waals surface area contributed by atoms with Crippen molar-refractivity contribution in [2.24, 2.45) is 5.92 Å². The van der Waals surface area contributed by atoms with E-state index in [-0.39, 0.29) is 12.1 Å². The smallest absolute Gasteiger partial charge is 0.341 e. The van der Waals surface area contributed by atoms with E-state index in [2.05, 4.69) is 22.3 Å². The van der Waals surface area contributed by atoms with Gasteiger partial charge in [0.1, 0.15) is 23.3 Å². The van der Waals surface area contributed by atoms with E-state index >= 15 is 0 Å². The molecule has 0 saturated heterocycles. The lowest BCUT2D eigenvalue weighted by atomic mass is 9.88. The number of amides is 1. The standard InChI is InChI=1S/C24H23N5O4S/c1-14-8-9-16-18(10-14)34-22(20(16)24(32)33-2)27-19(30)12-28-13-25-21-17(23(28)31)11-26-29(21)15-6-4-3-5-7-15/h3-7,11,13-14H,8-10,12H2,1-2H3,(H,27,30). The summed E-state index contributed by atoms with van der Waals surface area (Å²) in [6, 6.07) is 9.38. The van der Waals surface area contributed by atoms with Crippen molar-refractivity contribution >= 4 is 39.2 Å². The van der Waals surface area contributed by atoms with Crippen molar-refractivity contribution in [2.75, 3.05) is 12.4 Å². The van der Waals surface area contributed by atoms with Crippen LogP contribution in [0.3, 0.4) is 0 Å². The summed E-state index contributed by atoms with van der Waals surface area (Å²) < 4.78 is 7.80. The molecule has 10 heteroatoms. The fourth-order valence-electron chi connectivity index (χ4n) is 4.30. The average Bonchev–Trinajstić information content (AvgIpc) is 3.42. The molecule has 1 N–H and O–H groups in total.